The summed E-state index contributed by atoms with van der Waals surface area (Å²) >= 11 is 0. The highest BCUT2D eigenvalue weighted by Crippen LogP contribution is 2.42. The van der Waals surface area contributed by atoms with Gasteiger partial charge in [-0.2, -0.15) is 0 Å². The van der Waals surface area contributed by atoms with E-state index in [4.69, 9.17) is 4.74 Å². The van der Waals surface area contributed by atoms with Crippen LogP contribution in [0.4, 0.5) is 0 Å². The molecule has 1 aliphatic carbocycles. The van der Waals surface area contributed by atoms with Crippen molar-refractivity contribution in [1.82, 2.24) is 4.90 Å². The third kappa shape index (κ3) is 2.45. The van der Waals surface area contributed by atoms with Gasteiger partial charge >= 0.3 is 0 Å². The van der Waals surface area contributed by atoms with Gasteiger partial charge in [-0.15, -0.1) is 0 Å². The molecule has 1 saturated carbocycles. The molecule has 0 radical (unpaired) electrons. The van der Waals surface area contributed by atoms with Gasteiger partial charge in [-0.1, -0.05) is 19.3 Å². The van der Waals surface area contributed by atoms with Gasteiger partial charge < -0.3 is 9.84 Å². The molecule has 106 valence electrons. The van der Waals surface area contributed by atoms with Crippen LogP contribution in [0.5, 0.6) is 0 Å². The number of hydrogen-bond acceptors (Lipinski definition) is 3. The van der Waals surface area contributed by atoms with Crippen LogP contribution in [0.15, 0.2) is 0 Å². The number of aliphatic hydroxyl groups is 1. The van der Waals surface area contributed by atoms with E-state index < -0.39 is 0 Å². The van der Waals surface area contributed by atoms with Gasteiger partial charge in [0.2, 0.25) is 0 Å². The monoisotopic (exact) mass is 255 g/mol. The molecular formula is C15H29NO2. The van der Waals surface area contributed by atoms with Gasteiger partial charge in [-0.05, 0) is 53.5 Å². The molecule has 1 heterocycles. The standard InChI is InChI=1S/C15H29NO2/c1-14(2)15(3,11-10-13(17)16(14)4)18-12-8-6-5-7-9-12/h12-13,17H,5-11H2,1-4H3. The number of nitrogens with zero attached hydrogens (tertiary/aromatic N) is 1. The predicted octanol–water partition coefficient (Wildman–Crippen LogP) is 2.92. The molecule has 18 heavy (non-hydrogen) atoms. The lowest BCUT2D eigenvalue weighted by atomic mass is 9.75. The van der Waals surface area contributed by atoms with E-state index in [1.165, 1.54) is 32.1 Å². The Balaban J connectivity index is 2.08. The maximum atomic E-state index is 10.0. The summed E-state index contributed by atoms with van der Waals surface area (Å²) in [5.74, 6) is 0. The van der Waals surface area contributed by atoms with Crippen LogP contribution in [0.2, 0.25) is 0 Å². The lowest BCUT2D eigenvalue weighted by Crippen LogP contribution is -2.66. The van der Waals surface area contributed by atoms with Gasteiger partial charge in [-0.25, -0.2) is 0 Å². The molecule has 1 N–H and O–H groups in total. The maximum Gasteiger partial charge on any atom is 0.107 e. The first-order chi connectivity index (χ1) is 8.37. The molecule has 3 heteroatoms. The summed E-state index contributed by atoms with van der Waals surface area (Å²) in [4.78, 5) is 2.07. The average Bonchev–Trinajstić information content (AvgIpc) is 2.34. The fraction of sp³-hybridized carbons (Fsp3) is 1.00. The SMILES string of the molecule is CN1C(O)CCC(C)(OC2CCCCC2)C1(C)C. The molecule has 2 unspecified atom stereocenters. The van der Waals surface area contributed by atoms with E-state index in [1.807, 2.05) is 7.05 Å². The minimum absolute atomic E-state index is 0.123. The first-order valence-electron chi connectivity index (χ1n) is 7.46. The highest BCUT2D eigenvalue weighted by Gasteiger charge is 2.51. The lowest BCUT2D eigenvalue weighted by molar-refractivity contribution is -0.220. The molecule has 0 spiro atoms. The van der Waals surface area contributed by atoms with Gasteiger partial charge in [0.15, 0.2) is 0 Å². The first-order valence-corrected chi connectivity index (χ1v) is 7.46. The predicted molar refractivity (Wildman–Crippen MR) is 73.4 cm³/mol. The van der Waals surface area contributed by atoms with Crippen LogP contribution in [-0.4, -0.2) is 40.5 Å². The Kier molecular flexibility index (Phi) is 4.05. The van der Waals surface area contributed by atoms with Gasteiger partial charge in [0.25, 0.3) is 0 Å². The van der Waals surface area contributed by atoms with Crippen molar-refractivity contribution in [3.8, 4) is 0 Å². The van der Waals surface area contributed by atoms with Gasteiger partial charge in [-0.3, -0.25) is 4.90 Å². The molecule has 0 aromatic heterocycles. The molecule has 0 bridgehead atoms. The lowest BCUT2D eigenvalue weighted by Gasteiger charge is -2.56. The number of piperidine rings is 1. The van der Waals surface area contributed by atoms with E-state index in [9.17, 15) is 5.11 Å². The number of aliphatic hydroxyl groups excluding tert-OH is 1. The zero-order valence-electron chi connectivity index (χ0n) is 12.4. The van der Waals surface area contributed by atoms with Crippen LogP contribution in [0.25, 0.3) is 0 Å². The third-order valence-corrected chi connectivity index (χ3v) is 5.48. The van der Waals surface area contributed by atoms with E-state index in [0.29, 0.717) is 6.10 Å². The first kappa shape index (κ1) is 14.3. The van der Waals surface area contributed by atoms with Crippen molar-refractivity contribution in [1.29, 1.82) is 0 Å². The molecule has 0 aromatic rings. The molecule has 2 rings (SSSR count). The Hall–Kier alpha value is -0.120. The minimum atomic E-state index is -0.331. The van der Waals surface area contributed by atoms with Crippen LogP contribution in [0, 0.1) is 0 Å². The fourth-order valence-electron chi connectivity index (χ4n) is 3.40. The summed E-state index contributed by atoms with van der Waals surface area (Å²) < 4.78 is 6.50. The van der Waals surface area contributed by atoms with E-state index in [2.05, 4.69) is 25.7 Å². The highest BCUT2D eigenvalue weighted by molar-refractivity contribution is 5.03. The molecule has 2 fully saturated rings. The van der Waals surface area contributed by atoms with Crippen LogP contribution in [0.1, 0.15) is 65.7 Å². The molecular weight excluding hydrogens is 226 g/mol. The number of ether oxygens (including phenoxy) is 1. The molecule has 2 atom stereocenters. The summed E-state index contributed by atoms with van der Waals surface area (Å²) in [5.41, 5.74) is -0.273. The fourth-order valence-corrected chi connectivity index (χ4v) is 3.40. The minimum Gasteiger partial charge on any atom is -0.378 e. The molecule has 1 saturated heterocycles. The van der Waals surface area contributed by atoms with Crippen molar-refractivity contribution in [2.75, 3.05) is 7.05 Å². The van der Waals surface area contributed by atoms with Crippen molar-refractivity contribution in [3.63, 3.8) is 0 Å². The topological polar surface area (TPSA) is 32.7 Å². The zero-order valence-corrected chi connectivity index (χ0v) is 12.4. The third-order valence-electron chi connectivity index (χ3n) is 5.48. The quantitative estimate of drug-likeness (QED) is 0.823. The Bertz CT molecular complexity index is 286. The molecule has 2 aliphatic rings. The molecule has 3 nitrogen and oxygen atoms in total. The Morgan fingerprint density at radius 1 is 1.06 bits per heavy atom. The van der Waals surface area contributed by atoms with Gasteiger partial charge in [0, 0.05) is 5.54 Å². The van der Waals surface area contributed by atoms with E-state index in [0.717, 1.165) is 12.8 Å². The Labute approximate surface area is 112 Å². The van der Waals surface area contributed by atoms with Crippen molar-refractivity contribution in [2.45, 2.75) is 89.2 Å². The Morgan fingerprint density at radius 3 is 2.28 bits per heavy atom. The van der Waals surface area contributed by atoms with Crippen molar-refractivity contribution < 1.29 is 9.84 Å². The van der Waals surface area contributed by atoms with Crippen molar-refractivity contribution >= 4 is 0 Å². The van der Waals surface area contributed by atoms with Crippen LogP contribution >= 0.6 is 0 Å². The van der Waals surface area contributed by atoms with E-state index in [1.54, 1.807) is 0 Å². The Morgan fingerprint density at radius 2 is 1.67 bits per heavy atom. The molecule has 0 amide bonds. The highest BCUT2D eigenvalue weighted by atomic mass is 16.5. The number of rotatable bonds is 2. The van der Waals surface area contributed by atoms with E-state index >= 15 is 0 Å². The number of likely N-dealkylation sites (N-methyl/N-ethyl adjacent to an activating group) is 1. The summed E-state index contributed by atoms with van der Waals surface area (Å²) in [6, 6.07) is 0. The molecule has 1 aliphatic heterocycles. The van der Waals surface area contributed by atoms with Crippen molar-refractivity contribution in [3.05, 3.63) is 0 Å². The number of likely N-dealkylation sites (tertiary alicyclic amines) is 1. The van der Waals surface area contributed by atoms with Crippen molar-refractivity contribution in [2.24, 2.45) is 0 Å². The second-order valence-corrected chi connectivity index (χ2v) is 6.80. The van der Waals surface area contributed by atoms with Crippen LogP contribution in [-0.2, 0) is 4.74 Å². The van der Waals surface area contributed by atoms with Gasteiger partial charge in [0.05, 0.1) is 11.7 Å². The normalized spacial score (nSPS) is 38.8. The van der Waals surface area contributed by atoms with Gasteiger partial charge in [0.1, 0.15) is 6.23 Å². The zero-order chi connectivity index (χ0) is 13.4. The smallest absolute Gasteiger partial charge is 0.107 e. The number of hydrogen-bond donors (Lipinski definition) is 1. The summed E-state index contributed by atoms with van der Waals surface area (Å²) in [5, 5.41) is 10.0. The second-order valence-electron chi connectivity index (χ2n) is 6.80. The second kappa shape index (κ2) is 5.10. The van der Waals surface area contributed by atoms with Crippen LogP contribution in [0.3, 0.4) is 0 Å². The molecule has 0 aromatic carbocycles. The summed E-state index contributed by atoms with van der Waals surface area (Å²) in [7, 11) is 2.01. The largest absolute Gasteiger partial charge is 0.378 e. The summed E-state index contributed by atoms with van der Waals surface area (Å²) in [6.45, 7) is 6.61. The van der Waals surface area contributed by atoms with E-state index in [-0.39, 0.29) is 17.4 Å². The average molecular weight is 255 g/mol. The summed E-state index contributed by atoms with van der Waals surface area (Å²) in [6.07, 6.45) is 8.23. The maximum absolute atomic E-state index is 10.0. The van der Waals surface area contributed by atoms with Crippen LogP contribution < -0.4 is 0 Å².